The monoisotopic (exact) mass is 547 g/mol. The fourth-order valence-corrected chi connectivity index (χ4v) is 5.73. The third-order valence-electron chi connectivity index (χ3n) is 7.23. The van der Waals surface area contributed by atoms with Crippen LogP contribution in [0.5, 0.6) is 0 Å². The Hall–Kier alpha value is -3.01. The van der Waals surface area contributed by atoms with Gasteiger partial charge in [0.05, 0.1) is 16.3 Å². The molecule has 0 unspecified atom stereocenters. The van der Waals surface area contributed by atoms with Crippen molar-refractivity contribution < 1.29 is 5.11 Å². The number of aromatic amines is 1. The van der Waals surface area contributed by atoms with Crippen LogP contribution in [0.2, 0.25) is 0 Å². The summed E-state index contributed by atoms with van der Waals surface area (Å²) in [5.41, 5.74) is 6.28. The molecule has 2 saturated heterocycles. The molecule has 2 aliphatic heterocycles. The first-order valence-electron chi connectivity index (χ1n) is 12.6. The SMILES string of the molecule is OC1CCN(c2ccc(-c3nc4c(N5CCN(Cc6cccnc6)CC5)c(Br)cnc4[nH]3)cc2)CC1. The molecule has 4 aromatic rings. The highest BCUT2D eigenvalue weighted by Gasteiger charge is 2.23. The maximum absolute atomic E-state index is 9.79. The maximum atomic E-state index is 9.79. The maximum Gasteiger partial charge on any atom is 0.159 e. The van der Waals surface area contributed by atoms with Gasteiger partial charge in [0, 0.05) is 75.7 Å². The molecule has 6 rings (SSSR count). The van der Waals surface area contributed by atoms with Crippen LogP contribution in [0.1, 0.15) is 18.4 Å². The normalized spacial score (nSPS) is 17.7. The lowest BCUT2D eigenvalue weighted by molar-refractivity contribution is 0.145. The average molecular weight is 548 g/mol. The summed E-state index contributed by atoms with van der Waals surface area (Å²) in [5, 5.41) is 9.79. The second-order valence-electron chi connectivity index (χ2n) is 9.63. The summed E-state index contributed by atoms with van der Waals surface area (Å²) in [6, 6.07) is 12.7. The Balaban J connectivity index is 1.19. The molecule has 8 nitrogen and oxygen atoms in total. The number of anilines is 2. The van der Waals surface area contributed by atoms with Gasteiger partial charge in [-0.05, 0) is 64.7 Å². The van der Waals surface area contributed by atoms with Crippen LogP contribution in [-0.4, -0.2) is 75.3 Å². The molecule has 2 fully saturated rings. The minimum atomic E-state index is -0.166. The number of halogens is 1. The molecule has 5 heterocycles. The van der Waals surface area contributed by atoms with Gasteiger partial charge in [0.2, 0.25) is 0 Å². The van der Waals surface area contributed by atoms with Gasteiger partial charge in [-0.15, -0.1) is 0 Å². The predicted molar refractivity (Wildman–Crippen MR) is 146 cm³/mol. The van der Waals surface area contributed by atoms with E-state index < -0.39 is 0 Å². The number of imidazole rings is 1. The quantitative estimate of drug-likeness (QED) is 0.389. The number of nitrogens with one attached hydrogen (secondary N) is 1. The van der Waals surface area contributed by atoms with Crippen LogP contribution in [0.3, 0.4) is 0 Å². The van der Waals surface area contributed by atoms with Crippen LogP contribution in [0.25, 0.3) is 22.6 Å². The molecule has 0 amide bonds. The summed E-state index contributed by atoms with van der Waals surface area (Å²) in [6.07, 6.45) is 7.13. The number of pyridine rings is 2. The van der Waals surface area contributed by atoms with Crippen molar-refractivity contribution in [2.24, 2.45) is 0 Å². The van der Waals surface area contributed by atoms with Gasteiger partial charge >= 0.3 is 0 Å². The lowest BCUT2D eigenvalue weighted by Gasteiger charge is -2.36. The van der Waals surface area contributed by atoms with E-state index in [1.165, 1.54) is 11.3 Å². The van der Waals surface area contributed by atoms with Gasteiger partial charge in [-0.1, -0.05) is 6.07 Å². The molecule has 3 aromatic heterocycles. The topological polar surface area (TPSA) is 84.4 Å². The second kappa shape index (κ2) is 10.2. The summed E-state index contributed by atoms with van der Waals surface area (Å²) < 4.78 is 0.969. The summed E-state index contributed by atoms with van der Waals surface area (Å²) in [4.78, 5) is 24.5. The Labute approximate surface area is 219 Å². The van der Waals surface area contributed by atoms with Crippen LogP contribution in [0.4, 0.5) is 11.4 Å². The Kier molecular flexibility index (Phi) is 6.60. The summed E-state index contributed by atoms with van der Waals surface area (Å²) in [7, 11) is 0. The minimum Gasteiger partial charge on any atom is -0.393 e. The van der Waals surface area contributed by atoms with Crippen molar-refractivity contribution >= 4 is 38.5 Å². The molecule has 0 radical (unpaired) electrons. The van der Waals surface area contributed by atoms with Crippen LogP contribution in [-0.2, 0) is 6.54 Å². The average Bonchev–Trinajstić information content (AvgIpc) is 3.35. The first-order valence-corrected chi connectivity index (χ1v) is 13.4. The van der Waals surface area contributed by atoms with Gasteiger partial charge in [0.1, 0.15) is 11.3 Å². The van der Waals surface area contributed by atoms with Crippen molar-refractivity contribution in [3.63, 3.8) is 0 Å². The lowest BCUT2D eigenvalue weighted by atomic mass is 10.1. The summed E-state index contributed by atoms with van der Waals surface area (Å²) in [5.74, 6) is 0.827. The van der Waals surface area contributed by atoms with E-state index in [4.69, 9.17) is 4.98 Å². The van der Waals surface area contributed by atoms with E-state index in [-0.39, 0.29) is 6.10 Å². The van der Waals surface area contributed by atoms with E-state index >= 15 is 0 Å². The molecular weight excluding hydrogens is 518 g/mol. The number of piperidine rings is 1. The largest absolute Gasteiger partial charge is 0.393 e. The molecule has 0 bridgehead atoms. The van der Waals surface area contributed by atoms with Gasteiger partial charge in [0.15, 0.2) is 5.65 Å². The number of aliphatic hydroxyl groups is 1. The van der Waals surface area contributed by atoms with Gasteiger partial charge < -0.3 is 19.9 Å². The van der Waals surface area contributed by atoms with Gasteiger partial charge in [-0.25, -0.2) is 9.97 Å². The van der Waals surface area contributed by atoms with E-state index in [1.807, 2.05) is 24.7 Å². The van der Waals surface area contributed by atoms with Crippen LogP contribution < -0.4 is 9.80 Å². The molecule has 1 aromatic carbocycles. The fourth-order valence-electron chi connectivity index (χ4n) is 5.19. The van der Waals surface area contributed by atoms with Crippen LogP contribution >= 0.6 is 15.9 Å². The summed E-state index contributed by atoms with van der Waals surface area (Å²) >= 11 is 3.74. The molecule has 2 N–H and O–H groups in total. The number of hydrogen-bond donors (Lipinski definition) is 2. The van der Waals surface area contributed by atoms with Crippen LogP contribution in [0, 0.1) is 0 Å². The number of benzene rings is 1. The molecule has 9 heteroatoms. The molecule has 0 spiro atoms. The first-order chi connectivity index (χ1) is 17.6. The van der Waals surface area contributed by atoms with E-state index in [1.54, 1.807) is 0 Å². The Bertz CT molecular complexity index is 1310. The zero-order valence-corrected chi connectivity index (χ0v) is 21.7. The van der Waals surface area contributed by atoms with Gasteiger partial charge in [-0.3, -0.25) is 9.88 Å². The molecule has 0 aliphatic carbocycles. The number of hydrogen-bond acceptors (Lipinski definition) is 7. The molecule has 0 atom stereocenters. The van der Waals surface area contributed by atoms with Crippen molar-refractivity contribution in [3.8, 4) is 11.4 Å². The smallest absolute Gasteiger partial charge is 0.159 e. The zero-order chi connectivity index (χ0) is 24.5. The van der Waals surface area contributed by atoms with Crippen molar-refractivity contribution in [3.05, 3.63) is 65.0 Å². The van der Waals surface area contributed by atoms with Crippen molar-refractivity contribution in [2.45, 2.75) is 25.5 Å². The molecule has 2 aliphatic rings. The van der Waals surface area contributed by atoms with Gasteiger partial charge in [-0.2, -0.15) is 0 Å². The number of fused-ring (bicyclic) bond motifs is 1. The molecular formula is C27H30BrN7O. The first kappa shape index (κ1) is 23.4. The standard InChI is InChI=1S/C27H30BrN7O/c28-23-17-30-27-24(25(23)35-14-12-33(13-15-35)18-19-2-1-9-29-16-19)31-26(32-27)20-3-5-21(6-4-20)34-10-7-22(36)8-11-34/h1-6,9,16-17,22,36H,7-8,10-15,18H2,(H,30,31,32). The molecule has 186 valence electrons. The number of nitrogens with zero attached hydrogens (tertiary/aromatic N) is 6. The van der Waals surface area contributed by atoms with E-state index in [2.05, 4.69) is 75.9 Å². The number of piperazine rings is 1. The zero-order valence-electron chi connectivity index (χ0n) is 20.1. The van der Waals surface area contributed by atoms with Gasteiger partial charge in [0.25, 0.3) is 0 Å². The molecule has 36 heavy (non-hydrogen) atoms. The molecule has 0 saturated carbocycles. The van der Waals surface area contributed by atoms with Crippen LogP contribution in [0.15, 0.2) is 59.5 Å². The van der Waals surface area contributed by atoms with E-state index in [9.17, 15) is 5.11 Å². The summed E-state index contributed by atoms with van der Waals surface area (Å²) in [6.45, 7) is 6.53. The van der Waals surface area contributed by atoms with Crippen molar-refractivity contribution in [1.82, 2.24) is 24.8 Å². The third-order valence-corrected chi connectivity index (χ3v) is 7.81. The second-order valence-corrected chi connectivity index (χ2v) is 10.5. The highest BCUT2D eigenvalue weighted by molar-refractivity contribution is 9.10. The van der Waals surface area contributed by atoms with E-state index in [0.717, 1.165) is 91.4 Å². The van der Waals surface area contributed by atoms with Crippen molar-refractivity contribution in [2.75, 3.05) is 49.1 Å². The number of aliphatic hydroxyl groups excluding tert-OH is 1. The van der Waals surface area contributed by atoms with Crippen molar-refractivity contribution in [1.29, 1.82) is 0 Å². The number of aromatic nitrogens is 4. The minimum absolute atomic E-state index is 0.166. The third kappa shape index (κ3) is 4.83. The Morgan fingerprint density at radius 2 is 1.72 bits per heavy atom. The Morgan fingerprint density at radius 1 is 0.944 bits per heavy atom. The predicted octanol–water partition coefficient (Wildman–Crippen LogP) is 4.07. The number of rotatable bonds is 5. The highest BCUT2D eigenvalue weighted by atomic mass is 79.9. The lowest BCUT2D eigenvalue weighted by Crippen LogP contribution is -2.46. The highest BCUT2D eigenvalue weighted by Crippen LogP contribution is 2.35. The number of H-pyrrole nitrogens is 1. The Morgan fingerprint density at radius 3 is 2.44 bits per heavy atom. The van der Waals surface area contributed by atoms with E-state index in [0.29, 0.717) is 0 Å². The fraction of sp³-hybridized carbons (Fsp3) is 0.370.